The molecule has 0 unspecified atom stereocenters. The number of hydrogen-bond acceptors (Lipinski definition) is 6. The van der Waals surface area contributed by atoms with Crippen LogP contribution in [0, 0.1) is 6.92 Å². The fourth-order valence-corrected chi connectivity index (χ4v) is 4.36. The van der Waals surface area contributed by atoms with E-state index in [-0.39, 0.29) is 0 Å². The monoisotopic (exact) mass is 369 g/mol. The first-order valence-corrected chi connectivity index (χ1v) is 9.22. The van der Waals surface area contributed by atoms with E-state index in [1.807, 2.05) is 30.9 Å². The summed E-state index contributed by atoms with van der Waals surface area (Å²) in [5.74, 6) is 0. The Morgan fingerprint density at radius 1 is 1.35 bits per heavy atom. The Morgan fingerprint density at radius 3 is 2.92 bits per heavy atom. The second-order valence-corrected chi connectivity index (χ2v) is 7.25. The molecule has 1 amide bonds. The summed E-state index contributed by atoms with van der Waals surface area (Å²) in [6.45, 7) is 1.97. The van der Waals surface area contributed by atoms with Crippen molar-refractivity contribution in [1.29, 1.82) is 0 Å². The first kappa shape index (κ1) is 16.7. The van der Waals surface area contributed by atoms with Crippen LogP contribution >= 0.6 is 11.3 Å². The summed E-state index contributed by atoms with van der Waals surface area (Å²) in [4.78, 5) is 21.6. The number of hydrogen-bond donors (Lipinski definition) is 1. The van der Waals surface area contributed by atoms with Crippen molar-refractivity contribution in [1.82, 2.24) is 19.7 Å². The third-order valence-corrected chi connectivity index (χ3v) is 5.50. The highest BCUT2D eigenvalue weighted by Crippen LogP contribution is 2.41. The van der Waals surface area contributed by atoms with E-state index in [0.717, 1.165) is 52.5 Å². The molecule has 0 saturated heterocycles. The van der Waals surface area contributed by atoms with Crippen molar-refractivity contribution >= 4 is 22.6 Å². The molecule has 134 valence electrons. The number of rotatable bonds is 2. The van der Waals surface area contributed by atoms with Crippen LogP contribution < -0.4 is 5.32 Å². The van der Waals surface area contributed by atoms with Crippen molar-refractivity contribution in [3.05, 3.63) is 35.3 Å². The minimum atomic E-state index is -0.509. The van der Waals surface area contributed by atoms with Crippen LogP contribution in [0.4, 0.5) is 9.93 Å². The second-order valence-electron chi connectivity index (χ2n) is 6.25. The molecule has 0 aromatic carbocycles. The zero-order valence-corrected chi connectivity index (χ0v) is 15.7. The van der Waals surface area contributed by atoms with Gasteiger partial charge in [0.15, 0.2) is 5.13 Å². The number of carbonyl (C=O) groups is 1. The van der Waals surface area contributed by atoms with E-state index in [1.165, 1.54) is 24.0 Å². The Bertz CT molecular complexity index is 974. The summed E-state index contributed by atoms with van der Waals surface area (Å²) in [5, 5.41) is 7.98. The maximum absolute atomic E-state index is 11.5. The SMILES string of the molecule is COC(=O)Nc1nc2c(s1)-c1c(c(-c3ccc(C)nc3)nn1C)CCC2. The van der Waals surface area contributed by atoms with Gasteiger partial charge in [0.2, 0.25) is 0 Å². The fourth-order valence-electron chi connectivity index (χ4n) is 3.26. The minimum Gasteiger partial charge on any atom is -0.453 e. The van der Waals surface area contributed by atoms with Crippen LogP contribution in [-0.2, 0) is 24.6 Å². The molecule has 3 aromatic heterocycles. The van der Waals surface area contributed by atoms with Gasteiger partial charge in [-0.3, -0.25) is 15.0 Å². The van der Waals surface area contributed by atoms with Gasteiger partial charge < -0.3 is 4.74 Å². The zero-order chi connectivity index (χ0) is 18.3. The third kappa shape index (κ3) is 2.86. The van der Waals surface area contributed by atoms with Crippen LogP contribution in [0.25, 0.3) is 21.8 Å². The summed E-state index contributed by atoms with van der Waals surface area (Å²) >= 11 is 1.46. The number of ether oxygens (including phenoxy) is 1. The van der Waals surface area contributed by atoms with Gasteiger partial charge in [-0.2, -0.15) is 5.10 Å². The van der Waals surface area contributed by atoms with Crippen LogP contribution in [0.15, 0.2) is 18.3 Å². The lowest BCUT2D eigenvalue weighted by Crippen LogP contribution is -2.10. The molecule has 0 saturated carbocycles. The number of thiazole rings is 1. The van der Waals surface area contributed by atoms with Gasteiger partial charge in [0.1, 0.15) is 0 Å². The summed E-state index contributed by atoms with van der Waals surface area (Å²) in [5.41, 5.74) is 6.26. The molecule has 0 bridgehead atoms. The van der Waals surface area contributed by atoms with Crippen molar-refractivity contribution in [2.45, 2.75) is 26.2 Å². The molecular formula is C18H19N5O2S. The topological polar surface area (TPSA) is 81.9 Å². The number of aromatic nitrogens is 4. The number of fused-ring (bicyclic) bond motifs is 3. The number of aryl methyl sites for hydroxylation is 3. The highest BCUT2D eigenvalue weighted by atomic mass is 32.1. The third-order valence-electron chi connectivity index (χ3n) is 4.48. The highest BCUT2D eigenvalue weighted by molar-refractivity contribution is 7.19. The van der Waals surface area contributed by atoms with E-state index in [4.69, 9.17) is 5.10 Å². The molecule has 0 aliphatic heterocycles. The van der Waals surface area contributed by atoms with Gasteiger partial charge in [-0.1, -0.05) is 11.3 Å². The molecule has 1 N–H and O–H groups in total. The predicted octanol–water partition coefficient (Wildman–Crippen LogP) is 3.58. The van der Waals surface area contributed by atoms with Crippen molar-refractivity contribution in [2.75, 3.05) is 12.4 Å². The molecule has 26 heavy (non-hydrogen) atoms. The summed E-state index contributed by atoms with van der Waals surface area (Å²) in [6.07, 6.45) is 4.16. The van der Waals surface area contributed by atoms with E-state index in [0.29, 0.717) is 5.13 Å². The Hall–Kier alpha value is -2.74. The quantitative estimate of drug-likeness (QED) is 0.747. The Morgan fingerprint density at radius 2 is 2.19 bits per heavy atom. The fraction of sp³-hybridized carbons (Fsp3) is 0.333. The standard InChI is InChI=1S/C18H19N5O2S/c1-10-7-8-11(9-19-10)14-12-5-4-6-13-16(15(12)23(2)22-14)26-17(20-13)21-18(24)25-3/h7-9H,4-6H2,1-3H3,(H,20,21,24). The predicted molar refractivity (Wildman–Crippen MR) is 100 cm³/mol. The van der Waals surface area contributed by atoms with E-state index in [9.17, 15) is 4.79 Å². The van der Waals surface area contributed by atoms with E-state index < -0.39 is 6.09 Å². The molecule has 0 spiro atoms. The van der Waals surface area contributed by atoms with Crippen molar-refractivity contribution in [3.63, 3.8) is 0 Å². The summed E-state index contributed by atoms with van der Waals surface area (Å²) in [7, 11) is 3.29. The lowest BCUT2D eigenvalue weighted by molar-refractivity contribution is 0.187. The van der Waals surface area contributed by atoms with Crippen molar-refractivity contribution < 1.29 is 9.53 Å². The van der Waals surface area contributed by atoms with Crippen LogP contribution in [0.2, 0.25) is 0 Å². The molecule has 8 heteroatoms. The Balaban J connectivity index is 1.81. The van der Waals surface area contributed by atoms with Gasteiger partial charge >= 0.3 is 6.09 Å². The number of methoxy groups -OCH3 is 1. The number of amides is 1. The maximum atomic E-state index is 11.5. The van der Waals surface area contributed by atoms with E-state index in [2.05, 4.69) is 26.1 Å². The lowest BCUT2D eigenvalue weighted by atomic mass is 10.0. The van der Waals surface area contributed by atoms with Gasteiger partial charge in [0.25, 0.3) is 0 Å². The van der Waals surface area contributed by atoms with Crippen LogP contribution in [0.5, 0.6) is 0 Å². The average molecular weight is 369 g/mol. The van der Waals surface area contributed by atoms with Gasteiger partial charge in [0.05, 0.1) is 29.1 Å². The van der Waals surface area contributed by atoms with Crippen molar-refractivity contribution in [2.24, 2.45) is 7.05 Å². The molecule has 4 rings (SSSR count). The number of pyridine rings is 1. The number of anilines is 1. The first-order valence-electron chi connectivity index (χ1n) is 8.40. The smallest absolute Gasteiger partial charge is 0.413 e. The van der Waals surface area contributed by atoms with Crippen LogP contribution in [0.1, 0.15) is 23.4 Å². The highest BCUT2D eigenvalue weighted by Gasteiger charge is 2.26. The summed E-state index contributed by atoms with van der Waals surface area (Å²) < 4.78 is 6.58. The maximum Gasteiger partial charge on any atom is 0.413 e. The number of carbonyl (C=O) groups excluding carboxylic acids is 1. The van der Waals surface area contributed by atoms with Gasteiger partial charge in [-0.15, -0.1) is 0 Å². The van der Waals surface area contributed by atoms with E-state index in [1.54, 1.807) is 0 Å². The van der Waals surface area contributed by atoms with Gasteiger partial charge in [0, 0.05) is 30.1 Å². The van der Waals surface area contributed by atoms with Gasteiger partial charge in [-0.05, 0) is 38.3 Å². The molecule has 0 radical (unpaired) electrons. The normalized spacial score (nSPS) is 12.9. The molecule has 1 aliphatic carbocycles. The molecule has 0 fully saturated rings. The minimum absolute atomic E-state index is 0.509. The molecule has 0 atom stereocenters. The van der Waals surface area contributed by atoms with Crippen molar-refractivity contribution in [3.8, 4) is 21.8 Å². The molecular weight excluding hydrogens is 350 g/mol. The molecule has 7 nitrogen and oxygen atoms in total. The first-order chi connectivity index (χ1) is 12.6. The lowest BCUT2D eigenvalue weighted by Gasteiger charge is -2.03. The molecule has 3 aromatic rings. The largest absolute Gasteiger partial charge is 0.453 e. The Labute approximate surface area is 155 Å². The van der Waals surface area contributed by atoms with E-state index >= 15 is 0 Å². The zero-order valence-electron chi connectivity index (χ0n) is 14.9. The number of nitrogens with one attached hydrogen (secondary N) is 1. The molecule has 1 aliphatic rings. The average Bonchev–Trinajstić information content (AvgIpc) is 3.10. The summed E-state index contributed by atoms with van der Waals surface area (Å²) in [6, 6.07) is 4.07. The number of nitrogens with zero attached hydrogens (tertiary/aromatic N) is 4. The molecule has 3 heterocycles. The van der Waals surface area contributed by atoms with Crippen LogP contribution in [-0.4, -0.2) is 33.0 Å². The Kier molecular flexibility index (Phi) is 4.20. The second kappa shape index (κ2) is 6.53. The van der Waals surface area contributed by atoms with Crippen LogP contribution in [0.3, 0.4) is 0 Å². The van der Waals surface area contributed by atoms with Gasteiger partial charge in [-0.25, -0.2) is 9.78 Å².